The van der Waals surface area contributed by atoms with Crippen LogP contribution in [0.5, 0.6) is 0 Å². The molecular formula is C13H26N2O2S. The summed E-state index contributed by atoms with van der Waals surface area (Å²) < 4.78 is 22.6. The van der Waals surface area contributed by atoms with Crippen molar-refractivity contribution in [1.82, 2.24) is 10.2 Å². The Hall–Kier alpha value is -0.130. The Morgan fingerprint density at radius 2 is 1.83 bits per heavy atom. The van der Waals surface area contributed by atoms with Gasteiger partial charge >= 0.3 is 0 Å². The van der Waals surface area contributed by atoms with Crippen LogP contribution < -0.4 is 5.32 Å². The lowest BCUT2D eigenvalue weighted by atomic mass is 9.82. The summed E-state index contributed by atoms with van der Waals surface area (Å²) in [5, 5.41) is 3.56. The van der Waals surface area contributed by atoms with Gasteiger partial charge in [-0.3, -0.25) is 4.90 Å². The Morgan fingerprint density at radius 1 is 1.22 bits per heavy atom. The summed E-state index contributed by atoms with van der Waals surface area (Å²) in [5.74, 6) is 0.311. The van der Waals surface area contributed by atoms with Gasteiger partial charge in [-0.2, -0.15) is 0 Å². The molecule has 0 aromatic carbocycles. The van der Waals surface area contributed by atoms with E-state index in [-0.39, 0.29) is 0 Å². The Labute approximate surface area is 111 Å². The molecule has 0 spiro atoms. The molecule has 2 saturated heterocycles. The molecule has 2 fully saturated rings. The minimum Gasteiger partial charge on any atom is -0.314 e. The quantitative estimate of drug-likeness (QED) is 0.813. The second-order valence-corrected chi connectivity index (χ2v) is 8.09. The van der Waals surface area contributed by atoms with Crippen LogP contribution in [0.25, 0.3) is 0 Å². The molecule has 5 heteroatoms. The second-order valence-electron chi connectivity index (χ2n) is 5.83. The van der Waals surface area contributed by atoms with Crippen molar-refractivity contribution in [1.29, 1.82) is 0 Å². The number of piperidine rings is 2. The van der Waals surface area contributed by atoms with Gasteiger partial charge in [-0.05, 0) is 32.2 Å². The second kappa shape index (κ2) is 5.88. The number of hydrogen-bond acceptors (Lipinski definition) is 4. The van der Waals surface area contributed by atoms with Gasteiger partial charge in [0, 0.05) is 30.9 Å². The maximum absolute atomic E-state index is 11.3. The first-order valence-electron chi connectivity index (χ1n) is 7.16. The minimum atomic E-state index is -2.84. The molecule has 4 nitrogen and oxygen atoms in total. The van der Waals surface area contributed by atoms with Crippen LogP contribution in [0.2, 0.25) is 0 Å². The first-order chi connectivity index (χ1) is 8.49. The molecule has 2 aliphatic heterocycles. The molecule has 2 rings (SSSR count). The van der Waals surface area contributed by atoms with E-state index in [0.29, 0.717) is 23.9 Å². The Kier molecular flexibility index (Phi) is 4.67. The molecular weight excluding hydrogens is 248 g/mol. The maximum atomic E-state index is 11.3. The van der Waals surface area contributed by atoms with Gasteiger partial charge in [-0.1, -0.05) is 13.3 Å². The zero-order valence-electron chi connectivity index (χ0n) is 11.6. The summed E-state index contributed by atoms with van der Waals surface area (Å²) in [6.45, 7) is 3.92. The fourth-order valence-corrected chi connectivity index (χ4v) is 4.11. The van der Waals surface area contributed by atoms with Crippen molar-refractivity contribution in [2.45, 2.75) is 57.2 Å². The van der Waals surface area contributed by atoms with Gasteiger partial charge in [-0.25, -0.2) is 8.42 Å². The van der Waals surface area contributed by atoms with Crippen LogP contribution >= 0.6 is 0 Å². The van der Waals surface area contributed by atoms with Gasteiger partial charge in [0.1, 0.15) is 9.84 Å². The lowest BCUT2D eigenvalue weighted by Gasteiger charge is -2.49. The monoisotopic (exact) mass is 274 g/mol. The molecule has 2 unspecified atom stereocenters. The minimum absolute atomic E-state index is 0.311. The molecule has 0 aliphatic carbocycles. The molecule has 0 aromatic heterocycles. The van der Waals surface area contributed by atoms with Gasteiger partial charge in [-0.15, -0.1) is 0 Å². The molecule has 18 heavy (non-hydrogen) atoms. The number of sulfone groups is 1. The van der Waals surface area contributed by atoms with Gasteiger partial charge in [0.05, 0.1) is 5.75 Å². The van der Waals surface area contributed by atoms with Crippen molar-refractivity contribution in [2.24, 2.45) is 0 Å². The van der Waals surface area contributed by atoms with E-state index in [2.05, 4.69) is 17.1 Å². The Morgan fingerprint density at radius 3 is 2.33 bits per heavy atom. The van der Waals surface area contributed by atoms with E-state index < -0.39 is 9.84 Å². The van der Waals surface area contributed by atoms with Gasteiger partial charge < -0.3 is 5.32 Å². The van der Waals surface area contributed by atoms with E-state index in [1.807, 2.05) is 0 Å². The molecule has 2 atom stereocenters. The zero-order valence-corrected chi connectivity index (χ0v) is 12.4. The summed E-state index contributed by atoms with van der Waals surface area (Å²) >= 11 is 0. The summed E-state index contributed by atoms with van der Waals surface area (Å²) in [6, 6.07) is 1.84. The largest absolute Gasteiger partial charge is 0.314 e. The highest BCUT2D eigenvalue weighted by molar-refractivity contribution is 7.90. The van der Waals surface area contributed by atoms with Crippen LogP contribution in [0.3, 0.4) is 0 Å². The molecule has 0 amide bonds. The first kappa shape index (κ1) is 14.3. The van der Waals surface area contributed by atoms with Crippen LogP contribution in [0, 0.1) is 0 Å². The van der Waals surface area contributed by atoms with Crippen molar-refractivity contribution < 1.29 is 8.42 Å². The normalized spacial score (nSPS) is 33.6. The van der Waals surface area contributed by atoms with Crippen LogP contribution in [0.4, 0.5) is 0 Å². The van der Waals surface area contributed by atoms with Crippen LogP contribution in [-0.4, -0.2) is 56.5 Å². The van der Waals surface area contributed by atoms with Gasteiger partial charge in [0.25, 0.3) is 0 Å². The predicted molar refractivity (Wildman–Crippen MR) is 74.5 cm³/mol. The van der Waals surface area contributed by atoms with Crippen molar-refractivity contribution in [3.63, 3.8) is 0 Å². The molecule has 2 heterocycles. The lowest BCUT2D eigenvalue weighted by Crippen LogP contribution is -2.57. The van der Waals surface area contributed by atoms with Crippen molar-refractivity contribution in [3.05, 3.63) is 0 Å². The average molecular weight is 274 g/mol. The number of hydrogen-bond donors (Lipinski definition) is 1. The van der Waals surface area contributed by atoms with E-state index in [1.165, 1.54) is 38.4 Å². The van der Waals surface area contributed by atoms with E-state index in [1.54, 1.807) is 0 Å². The highest BCUT2D eigenvalue weighted by Crippen LogP contribution is 2.33. The molecule has 0 aromatic rings. The van der Waals surface area contributed by atoms with E-state index in [4.69, 9.17) is 0 Å². The molecule has 1 N–H and O–H groups in total. The van der Waals surface area contributed by atoms with Crippen LogP contribution in [-0.2, 0) is 9.84 Å². The van der Waals surface area contributed by atoms with Crippen LogP contribution in [0.15, 0.2) is 0 Å². The smallest absolute Gasteiger partial charge is 0.148 e. The number of nitrogens with one attached hydrogen (secondary N) is 1. The standard InChI is InChI=1S/C13H26N2O2S/c1-3-14-11-9-12-5-4-6-13(10-11)15(12)7-8-18(2,16)17/h11-14H,3-10H2,1-2H3. The maximum Gasteiger partial charge on any atom is 0.148 e. The SMILES string of the molecule is CCNC1CC2CCCC(C1)N2CCS(C)(=O)=O. The number of fused-ring (bicyclic) bond motifs is 2. The van der Waals surface area contributed by atoms with Gasteiger partial charge in [0.2, 0.25) is 0 Å². The third-order valence-corrected chi connectivity index (χ3v) is 5.26. The van der Waals surface area contributed by atoms with E-state index in [0.717, 1.165) is 13.1 Å². The number of rotatable bonds is 5. The molecule has 2 bridgehead atoms. The Balaban J connectivity index is 1.95. The third-order valence-electron chi connectivity index (χ3n) is 4.34. The van der Waals surface area contributed by atoms with Crippen molar-refractivity contribution in [2.75, 3.05) is 25.1 Å². The highest BCUT2D eigenvalue weighted by atomic mass is 32.2. The Bertz CT molecular complexity index is 355. The molecule has 106 valence electrons. The predicted octanol–water partition coefficient (Wildman–Crippen LogP) is 1.03. The fraction of sp³-hybridized carbons (Fsp3) is 1.00. The lowest BCUT2D eigenvalue weighted by molar-refractivity contribution is 0.0304. The first-order valence-corrected chi connectivity index (χ1v) is 9.22. The fourth-order valence-electron chi connectivity index (χ4n) is 3.57. The third kappa shape index (κ3) is 3.68. The van der Waals surface area contributed by atoms with Crippen molar-refractivity contribution >= 4 is 9.84 Å². The summed E-state index contributed by atoms with van der Waals surface area (Å²) in [4.78, 5) is 2.47. The highest BCUT2D eigenvalue weighted by Gasteiger charge is 2.37. The van der Waals surface area contributed by atoms with Gasteiger partial charge in [0.15, 0.2) is 0 Å². The summed E-state index contributed by atoms with van der Waals surface area (Å²) in [6.07, 6.45) is 7.50. The molecule has 2 aliphatic rings. The van der Waals surface area contributed by atoms with Crippen molar-refractivity contribution in [3.8, 4) is 0 Å². The molecule has 0 radical (unpaired) electrons. The van der Waals surface area contributed by atoms with E-state index in [9.17, 15) is 8.42 Å². The number of nitrogens with zero attached hydrogens (tertiary/aromatic N) is 1. The summed E-state index contributed by atoms with van der Waals surface area (Å²) in [7, 11) is -2.84. The topological polar surface area (TPSA) is 49.4 Å². The van der Waals surface area contributed by atoms with Crippen LogP contribution in [0.1, 0.15) is 39.0 Å². The van der Waals surface area contributed by atoms with E-state index >= 15 is 0 Å². The summed E-state index contributed by atoms with van der Waals surface area (Å²) in [5.41, 5.74) is 0. The average Bonchev–Trinajstić information content (AvgIpc) is 2.25. The zero-order chi connectivity index (χ0) is 13.2. The molecule has 0 saturated carbocycles.